The molecule has 0 fully saturated rings. The van der Waals surface area contributed by atoms with Gasteiger partial charge in [0.05, 0.1) is 4.88 Å². The zero-order chi connectivity index (χ0) is 5.11. The highest BCUT2D eigenvalue weighted by molar-refractivity contribution is 7.11. The van der Waals surface area contributed by atoms with Crippen molar-refractivity contribution in [2.45, 2.75) is 0 Å². The van der Waals surface area contributed by atoms with E-state index in [1.54, 1.807) is 12.1 Å². The van der Waals surface area contributed by atoms with Crippen LogP contribution in [0.25, 0.3) is 0 Å². The molecule has 0 N–H and O–H groups in total. The molecule has 1 heterocycles. The van der Waals surface area contributed by atoms with Crippen molar-refractivity contribution in [2.24, 2.45) is 0 Å². The minimum atomic E-state index is 0.736. The predicted octanol–water partition coefficient (Wildman–Crippen LogP) is 1.36. The molecule has 1 radical (unpaired) electrons. The first-order valence-corrected chi connectivity index (χ1v) is 2.66. The first-order chi connectivity index (χ1) is 3.43. The summed E-state index contributed by atoms with van der Waals surface area (Å²) in [6.45, 7) is 0. The molecule has 0 aliphatic rings. The zero-order valence-electron chi connectivity index (χ0n) is 3.55. The van der Waals surface area contributed by atoms with E-state index in [0.717, 1.165) is 11.2 Å². The fourth-order valence-electron chi connectivity index (χ4n) is 0.316. The Morgan fingerprint density at radius 3 is 3.00 bits per heavy atom. The standard InChI is InChI=1S/C5H3OS/c6-4-5-2-1-3-7-5/h1-2,4H. The van der Waals surface area contributed by atoms with Crippen LogP contribution in [-0.4, -0.2) is 6.29 Å². The van der Waals surface area contributed by atoms with Crippen LogP contribution >= 0.6 is 11.3 Å². The van der Waals surface area contributed by atoms with Crippen LogP contribution in [0.2, 0.25) is 0 Å². The van der Waals surface area contributed by atoms with Gasteiger partial charge >= 0.3 is 0 Å². The van der Waals surface area contributed by atoms with Gasteiger partial charge in [0.25, 0.3) is 0 Å². The van der Waals surface area contributed by atoms with Gasteiger partial charge in [-0.15, -0.1) is 11.3 Å². The van der Waals surface area contributed by atoms with Crippen molar-refractivity contribution in [3.63, 3.8) is 0 Å². The number of thiophene rings is 1. The maximum atomic E-state index is 9.86. The molecule has 0 spiro atoms. The number of rotatable bonds is 1. The van der Waals surface area contributed by atoms with Crippen LogP contribution < -0.4 is 0 Å². The topological polar surface area (TPSA) is 17.1 Å². The van der Waals surface area contributed by atoms with E-state index in [1.165, 1.54) is 11.3 Å². The summed E-state index contributed by atoms with van der Waals surface area (Å²) in [5.74, 6) is 0. The van der Waals surface area contributed by atoms with Gasteiger partial charge in [0.15, 0.2) is 6.29 Å². The Morgan fingerprint density at radius 1 is 1.86 bits per heavy atom. The molecule has 2 heteroatoms. The molecule has 1 aromatic rings. The van der Waals surface area contributed by atoms with E-state index in [4.69, 9.17) is 0 Å². The average Bonchev–Trinajstić information content (AvgIpc) is 2.14. The third-order valence-corrected chi connectivity index (χ3v) is 1.33. The van der Waals surface area contributed by atoms with Crippen molar-refractivity contribution in [1.29, 1.82) is 0 Å². The van der Waals surface area contributed by atoms with E-state index in [9.17, 15) is 4.79 Å². The van der Waals surface area contributed by atoms with E-state index in [-0.39, 0.29) is 0 Å². The molecule has 0 aliphatic carbocycles. The van der Waals surface area contributed by atoms with Crippen molar-refractivity contribution in [3.8, 4) is 0 Å². The lowest BCUT2D eigenvalue weighted by Gasteiger charge is -1.65. The molecule has 1 aromatic heterocycles. The van der Waals surface area contributed by atoms with Crippen LogP contribution in [0, 0.1) is 5.38 Å². The van der Waals surface area contributed by atoms with E-state index in [1.807, 2.05) is 0 Å². The van der Waals surface area contributed by atoms with Crippen molar-refractivity contribution >= 4 is 17.6 Å². The van der Waals surface area contributed by atoms with Crippen LogP contribution in [-0.2, 0) is 0 Å². The molecule has 7 heavy (non-hydrogen) atoms. The van der Waals surface area contributed by atoms with Crippen molar-refractivity contribution in [1.82, 2.24) is 0 Å². The van der Waals surface area contributed by atoms with Gasteiger partial charge in [-0.3, -0.25) is 4.79 Å². The average molecular weight is 111 g/mol. The Bertz CT molecular complexity index is 143. The van der Waals surface area contributed by atoms with Crippen molar-refractivity contribution in [2.75, 3.05) is 0 Å². The summed E-state index contributed by atoms with van der Waals surface area (Å²) >= 11 is 1.33. The largest absolute Gasteiger partial charge is 0.297 e. The Morgan fingerprint density at radius 2 is 2.71 bits per heavy atom. The van der Waals surface area contributed by atoms with Gasteiger partial charge in [-0.2, -0.15) is 0 Å². The Kier molecular flexibility index (Phi) is 1.22. The molecule has 1 rings (SSSR count). The Balaban J connectivity index is 2.96. The zero-order valence-corrected chi connectivity index (χ0v) is 4.37. The van der Waals surface area contributed by atoms with Crippen LogP contribution in [0.15, 0.2) is 12.1 Å². The first-order valence-electron chi connectivity index (χ1n) is 1.84. The fraction of sp³-hybridized carbons (Fsp3) is 0. The number of carbonyl (C=O) groups excluding carboxylic acids is 1. The first kappa shape index (κ1) is 4.53. The summed E-state index contributed by atoms with van der Waals surface area (Å²) in [6, 6.07) is 3.46. The van der Waals surface area contributed by atoms with Crippen LogP contribution in [0.4, 0.5) is 0 Å². The van der Waals surface area contributed by atoms with Gasteiger partial charge in [0.1, 0.15) is 0 Å². The summed E-state index contributed by atoms with van der Waals surface area (Å²) in [4.78, 5) is 10.6. The lowest BCUT2D eigenvalue weighted by atomic mass is 10.5. The molecule has 0 bridgehead atoms. The monoisotopic (exact) mass is 111 g/mol. The third kappa shape index (κ3) is 0.871. The summed E-state index contributed by atoms with van der Waals surface area (Å²) in [5, 5.41) is 2.79. The summed E-state index contributed by atoms with van der Waals surface area (Å²) < 4.78 is 0. The van der Waals surface area contributed by atoms with Gasteiger partial charge in [-0.1, -0.05) is 0 Å². The molecule has 0 unspecified atom stereocenters. The highest BCUT2D eigenvalue weighted by atomic mass is 32.1. The van der Waals surface area contributed by atoms with Gasteiger partial charge in [0.2, 0.25) is 0 Å². The van der Waals surface area contributed by atoms with Crippen LogP contribution in [0.1, 0.15) is 9.67 Å². The van der Waals surface area contributed by atoms with E-state index in [0.29, 0.717) is 0 Å². The molecule has 1 nitrogen and oxygen atoms in total. The van der Waals surface area contributed by atoms with Gasteiger partial charge in [-0.05, 0) is 12.1 Å². The molecule has 0 aliphatic heterocycles. The van der Waals surface area contributed by atoms with Crippen molar-refractivity contribution in [3.05, 3.63) is 22.4 Å². The predicted molar refractivity (Wildman–Crippen MR) is 28.5 cm³/mol. The summed E-state index contributed by atoms with van der Waals surface area (Å²) in [7, 11) is 0. The fourth-order valence-corrected chi connectivity index (χ4v) is 0.772. The number of hydrogen-bond donors (Lipinski definition) is 0. The molecule has 0 amide bonds. The quantitative estimate of drug-likeness (QED) is 0.500. The molecule has 0 atom stereocenters. The molecular weight excluding hydrogens is 108 g/mol. The maximum absolute atomic E-state index is 9.86. The smallest absolute Gasteiger partial charge is 0.160 e. The lowest BCUT2D eigenvalue weighted by Crippen LogP contribution is -1.61. The second kappa shape index (κ2) is 1.89. The van der Waals surface area contributed by atoms with Crippen LogP contribution in [0.3, 0.4) is 0 Å². The normalized spacial score (nSPS) is 8.57. The van der Waals surface area contributed by atoms with Gasteiger partial charge in [-0.25, -0.2) is 0 Å². The number of hydrogen-bond acceptors (Lipinski definition) is 2. The molecule has 0 saturated carbocycles. The SMILES string of the molecule is O=Cc1cc[c]s1. The van der Waals surface area contributed by atoms with Gasteiger partial charge in [0, 0.05) is 5.38 Å². The molecular formula is C5H3OS. The van der Waals surface area contributed by atoms with Crippen LogP contribution in [0.5, 0.6) is 0 Å². The Hall–Kier alpha value is -0.630. The number of aldehydes is 1. The second-order valence-corrected chi connectivity index (χ2v) is 1.98. The lowest BCUT2D eigenvalue weighted by molar-refractivity contribution is 0.112. The third-order valence-electron chi connectivity index (χ3n) is 0.609. The summed E-state index contributed by atoms with van der Waals surface area (Å²) in [5.41, 5.74) is 0. The maximum Gasteiger partial charge on any atom is 0.160 e. The molecule has 35 valence electrons. The molecule has 0 aromatic carbocycles. The summed E-state index contributed by atoms with van der Waals surface area (Å²) in [6.07, 6.45) is 0.821. The number of carbonyl (C=O) groups is 1. The second-order valence-electron chi connectivity index (χ2n) is 1.07. The molecule has 0 saturated heterocycles. The highest BCUT2D eigenvalue weighted by Gasteiger charge is 1.83. The van der Waals surface area contributed by atoms with E-state index in [2.05, 4.69) is 5.38 Å². The van der Waals surface area contributed by atoms with E-state index >= 15 is 0 Å². The highest BCUT2D eigenvalue weighted by Crippen LogP contribution is 2.01. The van der Waals surface area contributed by atoms with E-state index < -0.39 is 0 Å². The minimum Gasteiger partial charge on any atom is -0.297 e. The van der Waals surface area contributed by atoms with Crippen molar-refractivity contribution < 1.29 is 4.79 Å². The minimum absolute atomic E-state index is 0.736. The Labute approximate surface area is 45.6 Å². The van der Waals surface area contributed by atoms with Gasteiger partial charge < -0.3 is 0 Å².